The van der Waals surface area contributed by atoms with Gasteiger partial charge in [0.05, 0.1) is 6.04 Å². The van der Waals surface area contributed by atoms with Gasteiger partial charge in [0.25, 0.3) is 0 Å². The van der Waals surface area contributed by atoms with Crippen molar-refractivity contribution in [2.45, 2.75) is 25.8 Å². The Hall–Kier alpha value is -1.02. The monoisotopic (exact) mass is 190 g/mol. The van der Waals surface area contributed by atoms with Gasteiger partial charge in [-0.25, -0.2) is 0 Å². The van der Waals surface area contributed by atoms with Crippen molar-refractivity contribution in [2.24, 2.45) is 0 Å². The number of benzene rings is 1. The van der Waals surface area contributed by atoms with Crippen LogP contribution in [-0.4, -0.2) is 19.1 Å². The second-order valence-electron chi connectivity index (χ2n) is 4.28. The zero-order chi connectivity index (χ0) is 9.97. The molecule has 0 radical (unpaired) electrons. The molecule has 1 aliphatic rings. The topological polar surface area (TPSA) is 24.1 Å². The Labute approximate surface area is 85.7 Å². The normalized spacial score (nSPS) is 16.8. The van der Waals surface area contributed by atoms with Crippen LogP contribution in [-0.2, 0) is 0 Å². The van der Waals surface area contributed by atoms with Crippen molar-refractivity contribution in [3.8, 4) is 0 Å². The highest BCUT2D eigenvalue weighted by molar-refractivity contribution is 5.47. The van der Waals surface area contributed by atoms with E-state index in [0.29, 0.717) is 12.0 Å². The highest BCUT2D eigenvalue weighted by Gasteiger charge is 2.15. The summed E-state index contributed by atoms with van der Waals surface area (Å²) in [5.74, 6) is 0.608. The summed E-state index contributed by atoms with van der Waals surface area (Å²) in [5.41, 5.74) is 2.66. The molecule has 0 saturated carbocycles. The van der Waals surface area contributed by atoms with Gasteiger partial charge in [0.15, 0.2) is 0 Å². The van der Waals surface area contributed by atoms with Crippen LogP contribution >= 0.6 is 0 Å². The van der Waals surface area contributed by atoms with Crippen molar-refractivity contribution in [2.75, 3.05) is 18.4 Å². The molecule has 14 heavy (non-hydrogen) atoms. The predicted octanol–water partition coefficient (Wildman–Crippen LogP) is 2.19. The lowest BCUT2D eigenvalue weighted by molar-refractivity contribution is 0.472. The van der Waals surface area contributed by atoms with Crippen LogP contribution in [0.5, 0.6) is 0 Å². The van der Waals surface area contributed by atoms with Gasteiger partial charge < -0.3 is 10.6 Å². The SMILES string of the molecule is CC(C)c1cccc(NC2CNC2)c1. The number of nitrogens with one attached hydrogen (secondary N) is 2. The summed E-state index contributed by atoms with van der Waals surface area (Å²) in [4.78, 5) is 0. The second-order valence-corrected chi connectivity index (χ2v) is 4.28. The van der Waals surface area contributed by atoms with E-state index in [1.54, 1.807) is 0 Å². The molecule has 1 aliphatic heterocycles. The maximum absolute atomic E-state index is 3.51. The lowest BCUT2D eigenvalue weighted by Crippen LogP contribution is -2.51. The molecule has 2 N–H and O–H groups in total. The molecule has 0 aliphatic carbocycles. The van der Waals surface area contributed by atoms with Crippen molar-refractivity contribution >= 4 is 5.69 Å². The quantitative estimate of drug-likeness (QED) is 0.763. The molecule has 2 rings (SSSR count). The summed E-state index contributed by atoms with van der Waals surface area (Å²) >= 11 is 0. The Morgan fingerprint density at radius 3 is 2.71 bits per heavy atom. The van der Waals surface area contributed by atoms with E-state index in [1.807, 2.05) is 0 Å². The number of rotatable bonds is 3. The summed E-state index contributed by atoms with van der Waals surface area (Å²) < 4.78 is 0. The standard InChI is InChI=1S/C12H18N2/c1-9(2)10-4-3-5-11(6-10)14-12-7-13-8-12/h3-6,9,12-14H,7-8H2,1-2H3. The van der Waals surface area contributed by atoms with Gasteiger partial charge in [-0.05, 0) is 23.6 Å². The third-order valence-electron chi connectivity index (χ3n) is 2.71. The fourth-order valence-corrected chi connectivity index (χ4v) is 1.61. The first-order chi connectivity index (χ1) is 6.75. The van der Waals surface area contributed by atoms with E-state index in [1.165, 1.54) is 11.3 Å². The van der Waals surface area contributed by atoms with Gasteiger partial charge in [0, 0.05) is 18.8 Å². The predicted molar refractivity (Wildman–Crippen MR) is 60.8 cm³/mol. The van der Waals surface area contributed by atoms with Crippen LogP contribution in [0.25, 0.3) is 0 Å². The third-order valence-corrected chi connectivity index (χ3v) is 2.71. The molecule has 0 unspecified atom stereocenters. The molecule has 0 atom stereocenters. The summed E-state index contributed by atoms with van der Waals surface area (Å²) in [7, 11) is 0. The van der Waals surface area contributed by atoms with Crippen molar-refractivity contribution < 1.29 is 0 Å². The van der Waals surface area contributed by atoms with Crippen LogP contribution in [0.2, 0.25) is 0 Å². The van der Waals surface area contributed by atoms with Gasteiger partial charge in [0.2, 0.25) is 0 Å². The van der Waals surface area contributed by atoms with E-state index in [9.17, 15) is 0 Å². The molecule has 0 spiro atoms. The molecular formula is C12H18N2. The van der Waals surface area contributed by atoms with Crippen LogP contribution in [0.1, 0.15) is 25.3 Å². The highest BCUT2D eigenvalue weighted by Crippen LogP contribution is 2.19. The van der Waals surface area contributed by atoms with Crippen LogP contribution in [0, 0.1) is 0 Å². The van der Waals surface area contributed by atoms with E-state index in [0.717, 1.165) is 13.1 Å². The Morgan fingerprint density at radius 1 is 1.36 bits per heavy atom. The molecule has 1 aromatic rings. The van der Waals surface area contributed by atoms with E-state index >= 15 is 0 Å². The average molecular weight is 190 g/mol. The van der Waals surface area contributed by atoms with Crippen molar-refractivity contribution in [3.63, 3.8) is 0 Å². The molecule has 0 amide bonds. The van der Waals surface area contributed by atoms with Gasteiger partial charge in [-0.2, -0.15) is 0 Å². The van der Waals surface area contributed by atoms with E-state index < -0.39 is 0 Å². The fraction of sp³-hybridized carbons (Fsp3) is 0.500. The minimum Gasteiger partial charge on any atom is -0.380 e. The summed E-state index contributed by atoms with van der Waals surface area (Å²) in [6, 6.07) is 9.34. The van der Waals surface area contributed by atoms with Crippen LogP contribution in [0.15, 0.2) is 24.3 Å². The first kappa shape index (κ1) is 9.53. The summed E-state index contributed by atoms with van der Waals surface area (Å²) in [6.45, 7) is 6.63. The van der Waals surface area contributed by atoms with Crippen LogP contribution in [0.3, 0.4) is 0 Å². The Morgan fingerprint density at radius 2 is 2.14 bits per heavy atom. The number of hydrogen-bond donors (Lipinski definition) is 2. The molecule has 2 nitrogen and oxygen atoms in total. The molecule has 76 valence electrons. The molecule has 0 bridgehead atoms. The average Bonchev–Trinajstić information content (AvgIpc) is 2.12. The summed E-state index contributed by atoms with van der Waals surface area (Å²) in [5, 5.41) is 6.77. The van der Waals surface area contributed by atoms with Crippen molar-refractivity contribution in [3.05, 3.63) is 29.8 Å². The molecule has 2 heteroatoms. The summed E-state index contributed by atoms with van der Waals surface area (Å²) in [6.07, 6.45) is 0. The van der Waals surface area contributed by atoms with Gasteiger partial charge in [-0.15, -0.1) is 0 Å². The molecule has 1 heterocycles. The van der Waals surface area contributed by atoms with Gasteiger partial charge in [0.1, 0.15) is 0 Å². The Kier molecular flexibility index (Phi) is 2.73. The smallest absolute Gasteiger partial charge is 0.0510 e. The molecule has 1 fully saturated rings. The molecule has 0 aromatic heterocycles. The van der Waals surface area contributed by atoms with Crippen molar-refractivity contribution in [1.82, 2.24) is 5.32 Å². The van der Waals surface area contributed by atoms with Gasteiger partial charge in [-0.1, -0.05) is 26.0 Å². The first-order valence-electron chi connectivity index (χ1n) is 5.33. The van der Waals surface area contributed by atoms with Crippen LogP contribution < -0.4 is 10.6 Å². The minimum absolute atomic E-state index is 0.608. The highest BCUT2D eigenvalue weighted by atomic mass is 15.1. The van der Waals surface area contributed by atoms with Gasteiger partial charge in [-0.3, -0.25) is 0 Å². The fourth-order valence-electron chi connectivity index (χ4n) is 1.61. The lowest BCUT2D eigenvalue weighted by Gasteiger charge is -2.29. The molecule has 1 aromatic carbocycles. The van der Waals surface area contributed by atoms with Gasteiger partial charge >= 0.3 is 0 Å². The van der Waals surface area contributed by atoms with E-state index in [4.69, 9.17) is 0 Å². The maximum Gasteiger partial charge on any atom is 0.0510 e. The third kappa shape index (κ3) is 2.07. The lowest BCUT2D eigenvalue weighted by atomic mass is 10.0. The minimum atomic E-state index is 0.608. The number of hydrogen-bond acceptors (Lipinski definition) is 2. The zero-order valence-electron chi connectivity index (χ0n) is 8.88. The largest absolute Gasteiger partial charge is 0.380 e. The molecule has 1 saturated heterocycles. The van der Waals surface area contributed by atoms with E-state index in [-0.39, 0.29) is 0 Å². The number of anilines is 1. The Balaban J connectivity index is 2.05. The Bertz CT molecular complexity index is 303. The zero-order valence-corrected chi connectivity index (χ0v) is 8.88. The van der Waals surface area contributed by atoms with Crippen LogP contribution in [0.4, 0.5) is 5.69 Å². The second kappa shape index (κ2) is 4.01. The maximum atomic E-state index is 3.51. The molecular weight excluding hydrogens is 172 g/mol. The first-order valence-corrected chi connectivity index (χ1v) is 5.33. The van der Waals surface area contributed by atoms with Crippen molar-refractivity contribution in [1.29, 1.82) is 0 Å². The van der Waals surface area contributed by atoms with E-state index in [2.05, 4.69) is 48.7 Å².